The zero-order chi connectivity index (χ0) is 17.9. The van der Waals surface area contributed by atoms with Crippen LogP contribution < -0.4 is 9.47 Å². The molecule has 132 valence electrons. The Labute approximate surface area is 147 Å². The van der Waals surface area contributed by atoms with Gasteiger partial charge in [-0.2, -0.15) is 0 Å². The summed E-state index contributed by atoms with van der Waals surface area (Å²) in [6.07, 6.45) is 1.69. The van der Waals surface area contributed by atoms with E-state index in [0.717, 1.165) is 0 Å². The van der Waals surface area contributed by atoms with E-state index in [-0.39, 0.29) is 18.4 Å². The lowest BCUT2D eigenvalue weighted by Crippen LogP contribution is -2.38. The van der Waals surface area contributed by atoms with Crippen LogP contribution in [-0.2, 0) is 4.79 Å². The summed E-state index contributed by atoms with van der Waals surface area (Å²) >= 11 is 6.26. The Kier molecular flexibility index (Phi) is 5.75. The lowest BCUT2D eigenvalue weighted by Gasteiger charge is -2.28. The van der Waals surface area contributed by atoms with E-state index in [4.69, 9.17) is 21.1 Å². The average Bonchev–Trinajstić information content (AvgIpc) is 2.82. The number of amides is 1. The lowest BCUT2D eigenvalue weighted by molar-refractivity contribution is -0.126. The molecule has 1 heterocycles. The maximum atomic E-state index is 13.8. The van der Waals surface area contributed by atoms with E-state index in [1.807, 2.05) is 13.8 Å². The molecule has 0 N–H and O–H groups in total. The summed E-state index contributed by atoms with van der Waals surface area (Å²) in [5, 5.41) is 0.365. The van der Waals surface area contributed by atoms with Crippen molar-refractivity contribution < 1.29 is 18.7 Å². The Morgan fingerprint density at radius 1 is 1.38 bits per heavy atom. The van der Waals surface area contributed by atoms with E-state index in [1.54, 1.807) is 23.1 Å². The molecule has 0 spiro atoms. The van der Waals surface area contributed by atoms with Gasteiger partial charge in [0.05, 0.1) is 13.2 Å². The topological polar surface area (TPSA) is 38.8 Å². The summed E-state index contributed by atoms with van der Waals surface area (Å²) in [4.78, 5) is 13.7. The molecule has 1 aromatic carbocycles. The zero-order valence-corrected chi connectivity index (χ0v) is 15.2. The van der Waals surface area contributed by atoms with Gasteiger partial charge < -0.3 is 14.4 Å². The van der Waals surface area contributed by atoms with E-state index >= 15 is 0 Å². The van der Waals surface area contributed by atoms with E-state index in [1.165, 1.54) is 19.9 Å². The fourth-order valence-electron chi connectivity index (χ4n) is 2.74. The molecule has 2 rings (SSSR count). The second-order valence-corrected chi connectivity index (χ2v) is 6.83. The molecule has 0 saturated carbocycles. The number of carbonyl (C=O) groups is 1. The first kappa shape index (κ1) is 18.6. The minimum absolute atomic E-state index is 0.182. The van der Waals surface area contributed by atoms with Crippen LogP contribution in [0.25, 0.3) is 0 Å². The second-order valence-electron chi connectivity index (χ2n) is 6.45. The standard InChI is InChI=1S/C18H23ClFNO3/c1-5-23-14-7-6-8-15(17(14)19)24-13-9-16(22)21(11-13)12(2)10-18(3,4)20/h6-9,12H,5,10-11H2,1-4H3. The Morgan fingerprint density at radius 3 is 2.67 bits per heavy atom. The monoisotopic (exact) mass is 355 g/mol. The molecule has 1 unspecified atom stereocenters. The molecular formula is C18H23ClFNO3. The Balaban J connectivity index is 2.06. The molecule has 4 nitrogen and oxygen atoms in total. The Bertz CT molecular complexity index is 640. The average molecular weight is 356 g/mol. The van der Waals surface area contributed by atoms with Gasteiger partial charge in [-0.05, 0) is 39.8 Å². The molecule has 1 aliphatic heterocycles. The number of carbonyl (C=O) groups excluding carboxylic acids is 1. The smallest absolute Gasteiger partial charge is 0.250 e. The zero-order valence-electron chi connectivity index (χ0n) is 14.4. The van der Waals surface area contributed by atoms with Crippen LogP contribution in [0.3, 0.4) is 0 Å². The summed E-state index contributed by atoms with van der Waals surface area (Å²) in [5.74, 6) is 1.27. The summed E-state index contributed by atoms with van der Waals surface area (Å²) in [6, 6.07) is 5.02. The molecule has 0 saturated heterocycles. The highest BCUT2D eigenvalue weighted by atomic mass is 35.5. The van der Waals surface area contributed by atoms with Gasteiger partial charge in [0.15, 0.2) is 0 Å². The molecule has 1 aliphatic rings. The normalized spacial score (nSPS) is 16.2. The van der Waals surface area contributed by atoms with Crippen LogP contribution in [0.5, 0.6) is 11.5 Å². The van der Waals surface area contributed by atoms with Gasteiger partial charge in [-0.1, -0.05) is 17.7 Å². The van der Waals surface area contributed by atoms with E-state index < -0.39 is 5.67 Å². The molecule has 1 aromatic rings. The Hall–Kier alpha value is -1.75. The fourth-order valence-corrected chi connectivity index (χ4v) is 2.96. The van der Waals surface area contributed by atoms with Crippen LogP contribution in [-0.4, -0.2) is 35.7 Å². The first-order chi connectivity index (χ1) is 11.2. The minimum atomic E-state index is -1.33. The van der Waals surface area contributed by atoms with Crippen LogP contribution in [0, 0.1) is 0 Å². The maximum Gasteiger partial charge on any atom is 0.250 e. The summed E-state index contributed by atoms with van der Waals surface area (Å²) < 4.78 is 25.0. The number of ether oxygens (including phenoxy) is 2. The van der Waals surface area contributed by atoms with Crippen molar-refractivity contribution in [3.05, 3.63) is 35.1 Å². The molecule has 24 heavy (non-hydrogen) atoms. The van der Waals surface area contributed by atoms with Crippen molar-refractivity contribution in [3.8, 4) is 11.5 Å². The van der Waals surface area contributed by atoms with Crippen molar-refractivity contribution in [1.29, 1.82) is 0 Å². The maximum absolute atomic E-state index is 13.8. The predicted molar refractivity (Wildman–Crippen MR) is 92.3 cm³/mol. The molecule has 1 atom stereocenters. The van der Waals surface area contributed by atoms with Gasteiger partial charge in [0, 0.05) is 18.5 Å². The van der Waals surface area contributed by atoms with Crippen molar-refractivity contribution in [1.82, 2.24) is 4.90 Å². The number of halogens is 2. The van der Waals surface area contributed by atoms with Crippen molar-refractivity contribution in [2.45, 2.75) is 45.8 Å². The van der Waals surface area contributed by atoms with Crippen molar-refractivity contribution >= 4 is 17.5 Å². The first-order valence-electron chi connectivity index (χ1n) is 8.00. The molecule has 1 amide bonds. The first-order valence-corrected chi connectivity index (χ1v) is 8.38. The largest absolute Gasteiger partial charge is 0.492 e. The Morgan fingerprint density at radius 2 is 2.04 bits per heavy atom. The van der Waals surface area contributed by atoms with E-state index in [0.29, 0.717) is 35.4 Å². The van der Waals surface area contributed by atoms with Gasteiger partial charge >= 0.3 is 0 Å². The number of hydrogen-bond donors (Lipinski definition) is 0. The predicted octanol–water partition coefficient (Wildman–Crippen LogP) is 4.37. The van der Waals surface area contributed by atoms with Crippen LogP contribution in [0.2, 0.25) is 5.02 Å². The van der Waals surface area contributed by atoms with E-state index in [9.17, 15) is 9.18 Å². The summed E-state index contributed by atoms with van der Waals surface area (Å²) in [5.41, 5.74) is -1.33. The summed E-state index contributed by atoms with van der Waals surface area (Å²) in [7, 11) is 0. The lowest BCUT2D eigenvalue weighted by atomic mass is 10.0. The molecule has 0 radical (unpaired) electrons. The van der Waals surface area contributed by atoms with Crippen molar-refractivity contribution in [2.24, 2.45) is 0 Å². The van der Waals surface area contributed by atoms with Gasteiger partial charge in [-0.15, -0.1) is 0 Å². The van der Waals surface area contributed by atoms with Gasteiger partial charge in [0.1, 0.15) is 27.9 Å². The van der Waals surface area contributed by atoms with Gasteiger partial charge in [-0.3, -0.25) is 4.79 Å². The minimum Gasteiger partial charge on any atom is -0.492 e. The van der Waals surface area contributed by atoms with Crippen LogP contribution in [0.15, 0.2) is 30.0 Å². The van der Waals surface area contributed by atoms with E-state index in [2.05, 4.69) is 0 Å². The quantitative estimate of drug-likeness (QED) is 0.729. The number of alkyl halides is 1. The molecular weight excluding hydrogens is 333 g/mol. The van der Waals surface area contributed by atoms with Crippen LogP contribution >= 0.6 is 11.6 Å². The third-order valence-electron chi connectivity index (χ3n) is 3.68. The second kappa shape index (κ2) is 7.43. The summed E-state index contributed by atoms with van der Waals surface area (Å²) in [6.45, 7) is 7.51. The number of benzene rings is 1. The highest BCUT2D eigenvalue weighted by Crippen LogP contribution is 2.35. The number of hydrogen-bond acceptors (Lipinski definition) is 3. The molecule has 0 aliphatic carbocycles. The number of rotatable bonds is 7. The molecule has 0 bridgehead atoms. The highest BCUT2D eigenvalue weighted by molar-refractivity contribution is 6.33. The third-order valence-corrected chi connectivity index (χ3v) is 4.05. The van der Waals surface area contributed by atoms with Crippen LogP contribution in [0.1, 0.15) is 34.1 Å². The molecule has 6 heteroatoms. The SMILES string of the molecule is CCOc1cccc(OC2=CC(=O)N(C(C)CC(C)(C)F)C2)c1Cl. The van der Waals surface area contributed by atoms with Gasteiger partial charge in [0.2, 0.25) is 0 Å². The van der Waals surface area contributed by atoms with Gasteiger partial charge in [0.25, 0.3) is 5.91 Å². The van der Waals surface area contributed by atoms with Crippen LogP contribution in [0.4, 0.5) is 4.39 Å². The third kappa shape index (κ3) is 4.63. The van der Waals surface area contributed by atoms with Gasteiger partial charge in [-0.25, -0.2) is 4.39 Å². The fraction of sp³-hybridized carbons (Fsp3) is 0.500. The molecule has 0 aromatic heterocycles. The number of nitrogens with zero attached hydrogens (tertiary/aromatic N) is 1. The molecule has 0 fully saturated rings. The highest BCUT2D eigenvalue weighted by Gasteiger charge is 2.31. The van der Waals surface area contributed by atoms with Crippen molar-refractivity contribution in [2.75, 3.05) is 13.2 Å². The van der Waals surface area contributed by atoms with Crippen molar-refractivity contribution in [3.63, 3.8) is 0 Å².